The van der Waals surface area contributed by atoms with Crippen molar-refractivity contribution < 1.29 is 19.8 Å². The molecular weight excluding hydrogens is 524 g/mol. The Morgan fingerprint density at radius 1 is 0.595 bits per heavy atom. The third-order valence-electron chi connectivity index (χ3n) is 7.45. The Hall–Kier alpha value is -3.02. The molecule has 0 aliphatic heterocycles. The van der Waals surface area contributed by atoms with Gasteiger partial charge >= 0.3 is 0 Å². The topological polar surface area (TPSA) is 98.7 Å². The fourth-order valence-electron chi connectivity index (χ4n) is 5.31. The molecule has 2 aromatic rings. The first kappa shape index (κ1) is 35.2. The SMILES string of the molecule is CC(C)(C)CC(C(=O)NCCNC(=O)C(CC(C)(C)C)c1ccc(O)c(C(C)(C)C)c1)c1ccc(O)c(C(C)(C)C)c1. The summed E-state index contributed by atoms with van der Waals surface area (Å²) in [5.74, 6) is -0.491. The van der Waals surface area contributed by atoms with Gasteiger partial charge in [-0.1, -0.05) is 107 Å². The van der Waals surface area contributed by atoms with Crippen LogP contribution in [0, 0.1) is 10.8 Å². The van der Waals surface area contributed by atoms with Crippen LogP contribution in [0.25, 0.3) is 0 Å². The Morgan fingerprint density at radius 3 is 1.17 bits per heavy atom. The van der Waals surface area contributed by atoms with Gasteiger partial charge in [-0.15, -0.1) is 0 Å². The summed E-state index contributed by atoms with van der Waals surface area (Å²) in [7, 11) is 0. The maximum absolute atomic E-state index is 13.5. The van der Waals surface area contributed by atoms with Crippen LogP contribution in [0.15, 0.2) is 36.4 Å². The molecule has 0 heterocycles. The van der Waals surface area contributed by atoms with E-state index >= 15 is 0 Å². The van der Waals surface area contributed by atoms with Crippen LogP contribution in [0.1, 0.15) is 130 Å². The average molecular weight is 581 g/mol. The number of aromatic hydroxyl groups is 2. The Bertz CT molecular complexity index is 1140. The van der Waals surface area contributed by atoms with Gasteiger partial charge < -0.3 is 20.8 Å². The summed E-state index contributed by atoms with van der Waals surface area (Å²) in [6.07, 6.45) is 1.29. The van der Waals surface area contributed by atoms with Crippen LogP contribution in [0.5, 0.6) is 11.5 Å². The second kappa shape index (κ2) is 13.1. The fourth-order valence-corrected chi connectivity index (χ4v) is 5.31. The van der Waals surface area contributed by atoms with E-state index in [2.05, 4.69) is 52.2 Å². The van der Waals surface area contributed by atoms with Crippen molar-refractivity contribution in [2.75, 3.05) is 13.1 Å². The molecule has 0 saturated carbocycles. The minimum absolute atomic E-state index is 0.0911. The van der Waals surface area contributed by atoms with Gasteiger partial charge in [-0.2, -0.15) is 0 Å². The number of rotatable bonds is 9. The highest BCUT2D eigenvalue weighted by Gasteiger charge is 2.30. The normalized spacial score (nSPS) is 14.3. The molecule has 6 nitrogen and oxygen atoms in total. The molecule has 2 atom stereocenters. The number of hydrogen-bond donors (Lipinski definition) is 4. The third-order valence-corrected chi connectivity index (χ3v) is 7.45. The predicted molar refractivity (Wildman–Crippen MR) is 173 cm³/mol. The third kappa shape index (κ3) is 10.4. The lowest BCUT2D eigenvalue weighted by molar-refractivity contribution is -0.125. The molecular formula is C36H56N2O4. The van der Waals surface area contributed by atoms with Gasteiger partial charge in [-0.05, 0) is 68.9 Å². The molecule has 2 aromatic carbocycles. The summed E-state index contributed by atoms with van der Waals surface area (Å²) in [5.41, 5.74) is 2.67. The standard InChI is InChI=1S/C36H56N2O4/c1-33(2,3)21-25(23-13-15-29(39)27(19-23)35(7,8)9)31(41)37-17-18-38-32(42)26(22-34(4,5)6)24-14-16-30(40)28(20-24)36(10,11)12/h13-16,19-20,25-26,39-40H,17-18,21-22H2,1-12H3,(H,37,41)(H,38,42). The van der Waals surface area contributed by atoms with Crippen LogP contribution in [0.4, 0.5) is 0 Å². The van der Waals surface area contributed by atoms with E-state index in [1.54, 1.807) is 12.1 Å². The minimum Gasteiger partial charge on any atom is -0.508 e. The summed E-state index contributed by atoms with van der Waals surface area (Å²) in [6, 6.07) is 10.9. The molecule has 0 radical (unpaired) electrons. The van der Waals surface area contributed by atoms with E-state index in [0.29, 0.717) is 25.9 Å². The largest absolute Gasteiger partial charge is 0.508 e. The van der Waals surface area contributed by atoms with Gasteiger partial charge in [0.1, 0.15) is 11.5 Å². The number of nitrogens with one attached hydrogen (secondary N) is 2. The lowest BCUT2D eigenvalue weighted by atomic mass is 9.78. The maximum atomic E-state index is 13.5. The summed E-state index contributed by atoms with van der Waals surface area (Å²) in [5, 5.41) is 27.0. The van der Waals surface area contributed by atoms with Gasteiger partial charge in [0.05, 0.1) is 11.8 Å². The van der Waals surface area contributed by atoms with E-state index in [-0.39, 0.29) is 56.8 Å². The molecule has 6 heteroatoms. The minimum atomic E-state index is -0.385. The van der Waals surface area contributed by atoms with E-state index in [9.17, 15) is 19.8 Å². The molecule has 42 heavy (non-hydrogen) atoms. The van der Waals surface area contributed by atoms with Gasteiger partial charge in [0, 0.05) is 13.1 Å². The van der Waals surface area contributed by atoms with E-state index in [0.717, 1.165) is 22.3 Å². The number of phenolic OH excluding ortho intramolecular Hbond substituents is 2. The molecule has 2 rings (SSSR count). The van der Waals surface area contributed by atoms with Crippen LogP contribution in [-0.2, 0) is 20.4 Å². The van der Waals surface area contributed by atoms with Crippen molar-refractivity contribution in [1.82, 2.24) is 10.6 Å². The first-order chi connectivity index (χ1) is 19.0. The summed E-state index contributed by atoms with van der Waals surface area (Å²) >= 11 is 0. The molecule has 0 spiro atoms. The van der Waals surface area contributed by atoms with Crippen LogP contribution >= 0.6 is 0 Å². The molecule has 0 aliphatic carbocycles. The molecule has 0 saturated heterocycles. The van der Waals surface area contributed by atoms with E-state index in [1.807, 2.05) is 65.8 Å². The summed E-state index contributed by atoms with van der Waals surface area (Å²) in [6.45, 7) is 25.6. The van der Waals surface area contributed by atoms with Crippen molar-refractivity contribution in [2.45, 2.75) is 119 Å². The molecule has 0 aliphatic rings. The van der Waals surface area contributed by atoms with Crippen LogP contribution in [0.3, 0.4) is 0 Å². The van der Waals surface area contributed by atoms with E-state index in [1.165, 1.54) is 0 Å². The lowest BCUT2D eigenvalue weighted by Gasteiger charge is -2.28. The highest BCUT2D eigenvalue weighted by Crippen LogP contribution is 2.38. The molecule has 4 N–H and O–H groups in total. The quantitative estimate of drug-likeness (QED) is 0.229. The first-order valence-electron chi connectivity index (χ1n) is 15.2. The van der Waals surface area contributed by atoms with Crippen molar-refractivity contribution in [1.29, 1.82) is 0 Å². The van der Waals surface area contributed by atoms with Crippen LogP contribution < -0.4 is 10.6 Å². The van der Waals surface area contributed by atoms with Crippen molar-refractivity contribution in [3.8, 4) is 11.5 Å². The van der Waals surface area contributed by atoms with E-state index in [4.69, 9.17) is 0 Å². The molecule has 234 valence electrons. The molecule has 0 bridgehead atoms. The Morgan fingerprint density at radius 2 is 0.905 bits per heavy atom. The average Bonchev–Trinajstić information content (AvgIpc) is 2.81. The number of benzene rings is 2. The number of phenols is 2. The molecule has 2 unspecified atom stereocenters. The predicted octanol–water partition coefficient (Wildman–Crippen LogP) is 7.67. The summed E-state index contributed by atoms with van der Waals surface area (Å²) in [4.78, 5) is 27.0. The van der Waals surface area contributed by atoms with Crippen LogP contribution in [-0.4, -0.2) is 35.1 Å². The second-order valence-electron chi connectivity index (χ2n) is 16.3. The zero-order valence-corrected chi connectivity index (χ0v) is 28.2. The van der Waals surface area contributed by atoms with Crippen molar-refractivity contribution in [3.63, 3.8) is 0 Å². The number of carbonyl (C=O) groups is 2. The highest BCUT2D eigenvalue weighted by molar-refractivity contribution is 5.85. The van der Waals surface area contributed by atoms with Crippen molar-refractivity contribution >= 4 is 11.8 Å². The van der Waals surface area contributed by atoms with Gasteiger partial charge in [-0.3, -0.25) is 9.59 Å². The number of hydrogen-bond acceptors (Lipinski definition) is 4. The first-order valence-corrected chi connectivity index (χ1v) is 15.2. The Balaban J connectivity index is 2.19. The Labute approximate surface area is 254 Å². The van der Waals surface area contributed by atoms with Gasteiger partial charge in [0.15, 0.2) is 0 Å². The summed E-state index contributed by atoms with van der Waals surface area (Å²) < 4.78 is 0. The van der Waals surface area contributed by atoms with Gasteiger partial charge in [-0.25, -0.2) is 0 Å². The van der Waals surface area contributed by atoms with Crippen molar-refractivity contribution in [3.05, 3.63) is 58.7 Å². The zero-order valence-electron chi connectivity index (χ0n) is 28.2. The molecule has 0 aromatic heterocycles. The molecule has 0 fully saturated rings. The highest BCUT2D eigenvalue weighted by atomic mass is 16.3. The maximum Gasteiger partial charge on any atom is 0.227 e. The number of carbonyl (C=O) groups excluding carboxylic acids is 2. The second-order valence-corrected chi connectivity index (χ2v) is 16.3. The fraction of sp³-hybridized carbons (Fsp3) is 0.611. The Kier molecular flexibility index (Phi) is 11.0. The van der Waals surface area contributed by atoms with Gasteiger partial charge in [0.25, 0.3) is 0 Å². The monoisotopic (exact) mass is 580 g/mol. The lowest BCUT2D eigenvalue weighted by Crippen LogP contribution is -2.39. The zero-order chi connectivity index (χ0) is 32.3. The van der Waals surface area contributed by atoms with Gasteiger partial charge in [0.2, 0.25) is 11.8 Å². The smallest absolute Gasteiger partial charge is 0.227 e. The molecule has 2 amide bonds. The number of amides is 2. The van der Waals surface area contributed by atoms with Crippen LogP contribution in [0.2, 0.25) is 0 Å². The van der Waals surface area contributed by atoms with E-state index < -0.39 is 0 Å². The van der Waals surface area contributed by atoms with Crippen molar-refractivity contribution in [2.24, 2.45) is 10.8 Å².